The Bertz CT molecular complexity index is 661. The van der Waals surface area contributed by atoms with Crippen LogP contribution in [0.25, 0.3) is 11.0 Å². The van der Waals surface area contributed by atoms with Crippen molar-refractivity contribution >= 4 is 22.6 Å². The summed E-state index contributed by atoms with van der Waals surface area (Å²) in [6.45, 7) is 4.18. The zero-order valence-electron chi connectivity index (χ0n) is 12.0. The number of nitrogens with one attached hydrogen (secondary N) is 1. The summed E-state index contributed by atoms with van der Waals surface area (Å²) in [6.07, 6.45) is 5.08. The van der Waals surface area contributed by atoms with Gasteiger partial charge in [0, 0.05) is 32.0 Å². The lowest BCUT2D eigenvalue weighted by Crippen LogP contribution is -2.29. The van der Waals surface area contributed by atoms with Crippen molar-refractivity contribution in [1.82, 2.24) is 14.8 Å². The van der Waals surface area contributed by atoms with Gasteiger partial charge in [0.25, 0.3) is 5.91 Å². The number of nitrogens with two attached hydrogens (primary N) is 1. The highest BCUT2D eigenvalue weighted by molar-refractivity contribution is 6.05. The second kappa shape index (κ2) is 5.69. The Balaban J connectivity index is 2.05. The number of fused-ring (bicyclic) bond motifs is 1. The largest absolute Gasteiger partial charge is 0.381 e. The van der Waals surface area contributed by atoms with Crippen LogP contribution < -0.4 is 11.1 Å². The van der Waals surface area contributed by atoms with Crippen molar-refractivity contribution < 1.29 is 9.53 Å². The molecule has 1 aliphatic heterocycles. The van der Waals surface area contributed by atoms with E-state index in [1.54, 1.807) is 10.9 Å². The molecule has 3 rings (SSSR count). The number of primary amides is 1. The summed E-state index contributed by atoms with van der Waals surface area (Å²) in [6, 6.07) is 0.271. The van der Waals surface area contributed by atoms with Crippen LogP contribution in [0.15, 0.2) is 12.4 Å². The van der Waals surface area contributed by atoms with Crippen molar-refractivity contribution in [2.45, 2.75) is 32.4 Å². The number of ether oxygens (including phenoxy) is 1. The SMILES string of the molecule is CCn1ncc2c(NC3CCOCC3)c(C(N)=O)cnc21. The van der Waals surface area contributed by atoms with Crippen LogP contribution in [0.3, 0.4) is 0 Å². The molecule has 1 fully saturated rings. The van der Waals surface area contributed by atoms with Gasteiger partial charge in [0.05, 0.1) is 22.8 Å². The molecule has 7 heteroatoms. The average molecular weight is 289 g/mol. The van der Waals surface area contributed by atoms with Gasteiger partial charge in [0.2, 0.25) is 0 Å². The summed E-state index contributed by atoms with van der Waals surface area (Å²) in [7, 11) is 0. The summed E-state index contributed by atoms with van der Waals surface area (Å²) in [4.78, 5) is 16.0. The van der Waals surface area contributed by atoms with Crippen molar-refractivity contribution in [2.24, 2.45) is 5.73 Å². The van der Waals surface area contributed by atoms with Crippen LogP contribution in [0.4, 0.5) is 5.69 Å². The van der Waals surface area contributed by atoms with Gasteiger partial charge in [0.15, 0.2) is 5.65 Å². The van der Waals surface area contributed by atoms with E-state index in [0.717, 1.165) is 49.3 Å². The molecule has 3 heterocycles. The van der Waals surface area contributed by atoms with Gasteiger partial charge in [-0.25, -0.2) is 9.67 Å². The van der Waals surface area contributed by atoms with E-state index in [0.29, 0.717) is 5.56 Å². The predicted octanol–water partition coefficient (Wildman–Crippen LogP) is 1.14. The Hall–Kier alpha value is -2.15. The third-order valence-corrected chi connectivity index (χ3v) is 3.80. The van der Waals surface area contributed by atoms with Crippen molar-refractivity contribution in [3.8, 4) is 0 Å². The third-order valence-electron chi connectivity index (χ3n) is 3.80. The van der Waals surface area contributed by atoms with E-state index < -0.39 is 5.91 Å². The predicted molar refractivity (Wildman–Crippen MR) is 79.2 cm³/mol. The van der Waals surface area contributed by atoms with Crippen molar-refractivity contribution in [1.29, 1.82) is 0 Å². The van der Waals surface area contributed by atoms with Crippen LogP contribution >= 0.6 is 0 Å². The molecule has 0 radical (unpaired) electrons. The number of carbonyl (C=O) groups is 1. The van der Waals surface area contributed by atoms with Crippen LogP contribution in [0.2, 0.25) is 0 Å². The fourth-order valence-corrected chi connectivity index (χ4v) is 2.65. The summed E-state index contributed by atoms with van der Waals surface area (Å²) in [5, 5.41) is 8.58. The number of anilines is 1. The molecule has 1 saturated heterocycles. The molecule has 112 valence electrons. The van der Waals surface area contributed by atoms with Crippen LogP contribution in [-0.2, 0) is 11.3 Å². The van der Waals surface area contributed by atoms with E-state index in [-0.39, 0.29) is 6.04 Å². The summed E-state index contributed by atoms with van der Waals surface area (Å²) >= 11 is 0. The van der Waals surface area contributed by atoms with Gasteiger partial charge < -0.3 is 15.8 Å². The highest BCUT2D eigenvalue weighted by Crippen LogP contribution is 2.27. The molecular formula is C14H19N5O2. The lowest BCUT2D eigenvalue weighted by atomic mass is 10.1. The molecule has 2 aromatic rings. The normalized spacial score (nSPS) is 16.2. The van der Waals surface area contributed by atoms with Crippen LogP contribution in [0, 0.1) is 0 Å². The first-order valence-corrected chi connectivity index (χ1v) is 7.19. The lowest BCUT2D eigenvalue weighted by Gasteiger charge is -2.25. The van der Waals surface area contributed by atoms with Crippen molar-refractivity contribution in [3.63, 3.8) is 0 Å². The van der Waals surface area contributed by atoms with Crippen LogP contribution in [-0.4, -0.2) is 39.9 Å². The highest BCUT2D eigenvalue weighted by Gasteiger charge is 2.20. The van der Waals surface area contributed by atoms with E-state index in [1.807, 2.05) is 6.92 Å². The topological polar surface area (TPSA) is 95.1 Å². The number of aromatic nitrogens is 3. The number of nitrogens with zero attached hydrogens (tertiary/aromatic N) is 3. The zero-order valence-corrected chi connectivity index (χ0v) is 12.0. The molecule has 0 unspecified atom stereocenters. The van der Waals surface area contributed by atoms with E-state index in [1.165, 1.54) is 6.20 Å². The van der Waals surface area contributed by atoms with E-state index >= 15 is 0 Å². The van der Waals surface area contributed by atoms with E-state index in [4.69, 9.17) is 10.5 Å². The van der Waals surface area contributed by atoms with Crippen LogP contribution in [0.5, 0.6) is 0 Å². The zero-order chi connectivity index (χ0) is 14.8. The second-order valence-corrected chi connectivity index (χ2v) is 5.14. The summed E-state index contributed by atoms with van der Waals surface area (Å²) in [5.74, 6) is -0.483. The monoisotopic (exact) mass is 289 g/mol. The minimum absolute atomic E-state index is 0.271. The molecule has 7 nitrogen and oxygen atoms in total. The Labute approximate surface area is 122 Å². The summed E-state index contributed by atoms with van der Waals surface area (Å²) in [5.41, 5.74) is 7.38. The Morgan fingerprint density at radius 3 is 2.90 bits per heavy atom. The molecule has 2 aromatic heterocycles. The maximum absolute atomic E-state index is 11.7. The number of amides is 1. The Kier molecular flexibility index (Phi) is 3.74. The fraction of sp³-hybridized carbons (Fsp3) is 0.500. The molecule has 0 atom stereocenters. The first kappa shape index (κ1) is 13.8. The van der Waals surface area contributed by atoms with Crippen LogP contribution in [0.1, 0.15) is 30.1 Å². The first-order chi connectivity index (χ1) is 10.2. The van der Waals surface area contributed by atoms with Crippen molar-refractivity contribution in [3.05, 3.63) is 18.0 Å². The Morgan fingerprint density at radius 2 is 2.24 bits per heavy atom. The third kappa shape index (κ3) is 2.56. The van der Waals surface area contributed by atoms with E-state index in [9.17, 15) is 4.79 Å². The molecule has 0 spiro atoms. The molecule has 1 amide bonds. The molecule has 0 aliphatic carbocycles. The number of hydrogen-bond acceptors (Lipinski definition) is 5. The molecule has 0 aromatic carbocycles. The van der Waals surface area contributed by atoms with E-state index in [2.05, 4.69) is 15.4 Å². The standard InChI is InChI=1S/C14H19N5O2/c1-2-19-14-11(8-17-19)12(10(7-16-14)13(15)20)18-9-3-5-21-6-4-9/h7-9H,2-6H2,1H3,(H2,15,20)(H,16,18). The minimum Gasteiger partial charge on any atom is -0.381 e. The molecule has 21 heavy (non-hydrogen) atoms. The number of aryl methyl sites for hydroxylation is 1. The van der Waals surface area contributed by atoms with Gasteiger partial charge in [-0.05, 0) is 19.8 Å². The number of rotatable bonds is 4. The van der Waals surface area contributed by atoms with Gasteiger partial charge in [-0.2, -0.15) is 5.10 Å². The number of pyridine rings is 1. The molecule has 1 aliphatic rings. The molecule has 3 N–H and O–H groups in total. The van der Waals surface area contributed by atoms with Gasteiger partial charge >= 0.3 is 0 Å². The fourth-order valence-electron chi connectivity index (χ4n) is 2.65. The van der Waals surface area contributed by atoms with Gasteiger partial charge in [-0.1, -0.05) is 0 Å². The molecular weight excluding hydrogens is 270 g/mol. The van der Waals surface area contributed by atoms with Gasteiger partial charge in [-0.15, -0.1) is 0 Å². The van der Waals surface area contributed by atoms with Crippen molar-refractivity contribution in [2.75, 3.05) is 18.5 Å². The number of carbonyl (C=O) groups excluding carboxylic acids is 1. The highest BCUT2D eigenvalue weighted by atomic mass is 16.5. The van der Waals surface area contributed by atoms with Gasteiger partial charge in [0.1, 0.15) is 0 Å². The summed E-state index contributed by atoms with van der Waals surface area (Å²) < 4.78 is 7.16. The smallest absolute Gasteiger partial charge is 0.252 e. The number of hydrogen-bond donors (Lipinski definition) is 2. The lowest BCUT2D eigenvalue weighted by molar-refractivity contribution is 0.0904. The molecule has 0 bridgehead atoms. The second-order valence-electron chi connectivity index (χ2n) is 5.14. The Morgan fingerprint density at radius 1 is 1.48 bits per heavy atom. The van der Waals surface area contributed by atoms with Gasteiger partial charge in [-0.3, -0.25) is 4.79 Å². The molecule has 0 saturated carbocycles. The maximum atomic E-state index is 11.7. The minimum atomic E-state index is -0.483. The first-order valence-electron chi connectivity index (χ1n) is 7.19. The quantitative estimate of drug-likeness (QED) is 0.880. The maximum Gasteiger partial charge on any atom is 0.252 e. The average Bonchev–Trinajstić information content (AvgIpc) is 2.92.